The molecule has 4 nitrogen and oxygen atoms in total. The predicted molar refractivity (Wildman–Crippen MR) is 82.8 cm³/mol. The maximum Gasteiger partial charge on any atom is 0.311 e. The van der Waals surface area contributed by atoms with Gasteiger partial charge in [-0.1, -0.05) is 37.3 Å². The van der Waals surface area contributed by atoms with Crippen LogP contribution in [0.3, 0.4) is 0 Å². The van der Waals surface area contributed by atoms with E-state index in [0.29, 0.717) is 0 Å². The fraction of sp³-hybridized carbons (Fsp3) is 0.625. The zero-order valence-electron chi connectivity index (χ0n) is 12.7. The summed E-state index contributed by atoms with van der Waals surface area (Å²) < 4.78 is 31.5. The monoisotopic (exact) mass is 309 g/mol. The summed E-state index contributed by atoms with van der Waals surface area (Å²) in [5.41, 5.74) is 0.769. The Morgan fingerprint density at radius 2 is 2.10 bits per heavy atom. The third-order valence-electron chi connectivity index (χ3n) is 4.43. The highest BCUT2D eigenvalue weighted by Crippen LogP contribution is 2.57. The first-order chi connectivity index (χ1) is 10.1. The van der Waals surface area contributed by atoms with E-state index in [9.17, 15) is 8.42 Å². The average Bonchev–Trinajstić information content (AvgIpc) is 3.18. The fourth-order valence-electron chi connectivity index (χ4n) is 3.10. The van der Waals surface area contributed by atoms with Crippen molar-refractivity contribution in [3.63, 3.8) is 0 Å². The number of hydrogen-bond acceptors (Lipinski definition) is 4. The second-order valence-corrected chi connectivity index (χ2v) is 6.35. The Labute approximate surface area is 128 Å². The van der Waals surface area contributed by atoms with Crippen LogP contribution in [-0.2, 0) is 15.2 Å². The minimum absolute atomic E-state index is 0.235. The van der Waals surface area contributed by atoms with Crippen molar-refractivity contribution >= 4 is 10.5 Å². The molecule has 0 aromatic heterocycles. The Hall–Kier alpha value is -1.20. The maximum absolute atomic E-state index is 11.0. The number of benzene rings is 1. The first kappa shape index (κ1) is 16.2. The van der Waals surface area contributed by atoms with Gasteiger partial charge in [0.25, 0.3) is 0 Å². The van der Waals surface area contributed by atoms with Crippen molar-refractivity contribution in [3.8, 4) is 0 Å². The number of nitrogens with zero attached hydrogens (tertiary/aromatic N) is 1. The molecule has 0 aliphatic heterocycles. The average molecular weight is 309 g/mol. The van der Waals surface area contributed by atoms with Gasteiger partial charge in [-0.3, -0.25) is 0 Å². The van der Waals surface area contributed by atoms with Gasteiger partial charge in [0, 0.05) is 13.0 Å². The lowest BCUT2D eigenvalue weighted by Crippen LogP contribution is -2.13. The van der Waals surface area contributed by atoms with E-state index in [0.717, 1.165) is 32.1 Å². The molecule has 3 atom stereocenters. The first-order valence-corrected chi connectivity index (χ1v) is 8.54. The summed E-state index contributed by atoms with van der Waals surface area (Å²) >= 11 is 0. The predicted octanol–water partition coefficient (Wildman–Crippen LogP) is 3.57. The van der Waals surface area contributed by atoms with E-state index in [-0.39, 0.29) is 12.0 Å². The summed E-state index contributed by atoms with van der Waals surface area (Å²) in [6.07, 6.45) is 4.77. The van der Waals surface area contributed by atoms with Crippen LogP contribution >= 0.6 is 0 Å². The molecule has 0 amide bonds. The summed E-state index contributed by atoms with van der Waals surface area (Å²) in [4.78, 5) is 0. The smallest absolute Gasteiger partial charge is 0.311 e. The van der Waals surface area contributed by atoms with Crippen LogP contribution in [0.1, 0.15) is 50.5 Å². The highest BCUT2D eigenvalue weighted by Gasteiger charge is 2.55. The van der Waals surface area contributed by atoms with Gasteiger partial charge in [-0.15, -0.1) is 0 Å². The minimum atomic E-state index is -2.34. The van der Waals surface area contributed by atoms with Gasteiger partial charge in [0.15, 0.2) is 0 Å². The van der Waals surface area contributed by atoms with Gasteiger partial charge in [-0.05, 0) is 37.7 Å². The van der Waals surface area contributed by atoms with E-state index in [1.54, 1.807) is 7.11 Å². The topological polar surface area (TPSA) is 55.7 Å². The van der Waals surface area contributed by atoms with E-state index in [1.807, 2.05) is 18.2 Å². The summed E-state index contributed by atoms with van der Waals surface area (Å²) in [5, 5.41) is 0. The SMILES string of the molecule is CCC(CCCC1(N=S(=O)=O)CC1c1ccccc1)OC. The third kappa shape index (κ3) is 4.14. The van der Waals surface area contributed by atoms with Crippen LogP contribution in [0.15, 0.2) is 34.7 Å². The normalized spacial score (nSPS) is 25.3. The molecule has 0 heterocycles. The first-order valence-electron chi connectivity index (χ1n) is 7.51. The Kier molecular flexibility index (Phi) is 5.53. The van der Waals surface area contributed by atoms with Crippen LogP contribution in [-0.4, -0.2) is 27.2 Å². The minimum Gasteiger partial charge on any atom is -0.381 e. The lowest BCUT2D eigenvalue weighted by Gasteiger charge is -2.15. The summed E-state index contributed by atoms with van der Waals surface area (Å²) in [6.45, 7) is 2.10. The maximum atomic E-state index is 11.0. The van der Waals surface area contributed by atoms with Gasteiger partial charge in [-0.2, -0.15) is 12.8 Å². The number of rotatable bonds is 8. The van der Waals surface area contributed by atoms with Crippen LogP contribution in [0.5, 0.6) is 0 Å². The molecule has 5 heteroatoms. The van der Waals surface area contributed by atoms with Crippen LogP contribution in [0.4, 0.5) is 0 Å². The molecule has 1 aromatic carbocycles. The third-order valence-corrected chi connectivity index (χ3v) is 4.94. The summed E-state index contributed by atoms with van der Waals surface area (Å²) in [7, 11) is -0.614. The number of ether oxygens (including phenoxy) is 1. The Morgan fingerprint density at radius 1 is 1.38 bits per heavy atom. The Balaban J connectivity index is 2.03. The van der Waals surface area contributed by atoms with Gasteiger partial charge in [0.1, 0.15) is 0 Å². The van der Waals surface area contributed by atoms with Gasteiger partial charge >= 0.3 is 10.5 Å². The lowest BCUT2D eigenvalue weighted by molar-refractivity contribution is 0.0892. The standard InChI is InChI=1S/C16H23NO3S/c1-3-14(20-2)10-7-11-16(17-21(18)19)12-15(16)13-8-5-4-6-9-13/h4-6,8-9,14-15H,3,7,10-12H2,1-2H3. The second-order valence-electron chi connectivity index (χ2n) is 5.74. The molecule has 2 rings (SSSR count). The van der Waals surface area contributed by atoms with Crippen molar-refractivity contribution in [2.24, 2.45) is 4.36 Å². The highest BCUT2D eigenvalue weighted by molar-refractivity contribution is 7.61. The van der Waals surface area contributed by atoms with Gasteiger partial charge in [0.05, 0.1) is 11.6 Å². The fourth-order valence-corrected chi connectivity index (χ4v) is 3.69. The van der Waals surface area contributed by atoms with Crippen molar-refractivity contribution < 1.29 is 13.2 Å². The zero-order valence-corrected chi connectivity index (χ0v) is 13.5. The van der Waals surface area contributed by atoms with Crippen molar-refractivity contribution in [1.82, 2.24) is 0 Å². The van der Waals surface area contributed by atoms with Crippen LogP contribution < -0.4 is 0 Å². The molecule has 0 bridgehead atoms. The zero-order chi connectivity index (χ0) is 15.3. The highest BCUT2D eigenvalue weighted by atomic mass is 32.2. The van der Waals surface area contributed by atoms with Crippen LogP contribution in [0.2, 0.25) is 0 Å². The van der Waals surface area contributed by atoms with E-state index < -0.39 is 16.0 Å². The molecule has 1 aromatic rings. The molecular formula is C16H23NO3S. The van der Waals surface area contributed by atoms with E-state index >= 15 is 0 Å². The van der Waals surface area contributed by atoms with E-state index in [4.69, 9.17) is 4.74 Å². The molecule has 1 fully saturated rings. The largest absolute Gasteiger partial charge is 0.381 e. The summed E-state index contributed by atoms with van der Waals surface area (Å²) in [6, 6.07) is 10.1. The van der Waals surface area contributed by atoms with E-state index in [1.165, 1.54) is 5.56 Å². The van der Waals surface area contributed by atoms with Gasteiger partial charge in [-0.25, -0.2) is 0 Å². The lowest BCUT2D eigenvalue weighted by atomic mass is 10.00. The number of methoxy groups -OCH3 is 1. The summed E-state index contributed by atoms with van der Waals surface area (Å²) in [5.74, 6) is 0.235. The number of hydrogen-bond donors (Lipinski definition) is 0. The molecule has 1 aliphatic rings. The van der Waals surface area contributed by atoms with Gasteiger partial charge < -0.3 is 4.74 Å². The van der Waals surface area contributed by atoms with Gasteiger partial charge in [0.2, 0.25) is 0 Å². The molecule has 0 N–H and O–H groups in total. The van der Waals surface area contributed by atoms with Crippen molar-refractivity contribution in [1.29, 1.82) is 0 Å². The van der Waals surface area contributed by atoms with Crippen molar-refractivity contribution in [3.05, 3.63) is 35.9 Å². The van der Waals surface area contributed by atoms with Crippen molar-refractivity contribution in [2.45, 2.75) is 56.6 Å². The molecule has 0 saturated heterocycles. The van der Waals surface area contributed by atoms with Crippen LogP contribution in [0, 0.1) is 0 Å². The molecule has 116 valence electrons. The Morgan fingerprint density at radius 3 is 2.67 bits per heavy atom. The van der Waals surface area contributed by atoms with E-state index in [2.05, 4.69) is 23.4 Å². The second kappa shape index (κ2) is 7.18. The molecule has 1 aliphatic carbocycles. The molecule has 21 heavy (non-hydrogen) atoms. The van der Waals surface area contributed by atoms with Crippen LogP contribution in [0.25, 0.3) is 0 Å². The Bertz CT molecular complexity index is 573. The van der Waals surface area contributed by atoms with Crippen molar-refractivity contribution in [2.75, 3.05) is 7.11 Å². The quantitative estimate of drug-likeness (QED) is 0.737. The molecule has 3 unspecified atom stereocenters. The molecule has 1 saturated carbocycles. The molecule has 0 radical (unpaired) electrons. The molecular weight excluding hydrogens is 286 g/mol. The molecule has 0 spiro atoms.